The van der Waals surface area contributed by atoms with Crippen LogP contribution in [0.5, 0.6) is 0 Å². The first-order valence-corrected chi connectivity index (χ1v) is 9.89. The minimum atomic E-state index is -0.803. The van der Waals surface area contributed by atoms with Crippen molar-refractivity contribution in [3.05, 3.63) is 36.0 Å². The Kier molecular flexibility index (Phi) is 5.31. The lowest BCUT2D eigenvalue weighted by Crippen LogP contribution is -2.54. The van der Waals surface area contributed by atoms with Gasteiger partial charge in [0.2, 0.25) is 0 Å². The highest BCUT2D eigenvalue weighted by atomic mass is 16.6. The third-order valence-corrected chi connectivity index (χ3v) is 5.28. The van der Waals surface area contributed by atoms with Crippen LogP contribution in [-0.2, 0) is 4.74 Å². The summed E-state index contributed by atoms with van der Waals surface area (Å²) in [7, 11) is 0. The molecule has 1 unspecified atom stereocenters. The van der Waals surface area contributed by atoms with E-state index in [2.05, 4.69) is 11.9 Å². The number of amides is 1. The van der Waals surface area contributed by atoms with Gasteiger partial charge in [-0.1, -0.05) is 19.8 Å². The number of carbonyl (C=O) groups is 2. The van der Waals surface area contributed by atoms with Crippen molar-refractivity contribution in [1.29, 1.82) is 0 Å². The number of likely N-dealkylation sites (tertiary alicyclic amines) is 1. The maximum absolute atomic E-state index is 13.7. The van der Waals surface area contributed by atoms with E-state index in [-0.39, 0.29) is 11.9 Å². The summed E-state index contributed by atoms with van der Waals surface area (Å²) < 4.78 is 5.63. The van der Waals surface area contributed by atoms with E-state index in [9.17, 15) is 9.59 Å². The minimum Gasteiger partial charge on any atom is -0.444 e. The van der Waals surface area contributed by atoms with Gasteiger partial charge in [-0.15, -0.1) is 0 Å². The van der Waals surface area contributed by atoms with Crippen molar-refractivity contribution in [1.82, 2.24) is 9.88 Å². The number of nitrogens with zero attached hydrogens (tertiary/aromatic N) is 1. The molecule has 1 saturated heterocycles. The minimum absolute atomic E-state index is 0.0300. The zero-order chi connectivity index (χ0) is 19.7. The summed E-state index contributed by atoms with van der Waals surface area (Å²) in [6.07, 6.45) is 5.55. The van der Waals surface area contributed by atoms with Gasteiger partial charge >= 0.3 is 6.09 Å². The SMILES string of the molecule is CCCCC1(C(=O)c2ccc3[nH]ccc3c2)CCCN1C(=O)OC(C)(C)C. The van der Waals surface area contributed by atoms with Gasteiger partial charge in [0.1, 0.15) is 11.1 Å². The summed E-state index contributed by atoms with van der Waals surface area (Å²) in [5.41, 5.74) is 0.282. The summed E-state index contributed by atoms with van der Waals surface area (Å²) in [5.74, 6) is 0.0300. The fourth-order valence-corrected chi connectivity index (χ4v) is 4.00. The monoisotopic (exact) mass is 370 g/mol. The lowest BCUT2D eigenvalue weighted by atomic mass is 9.82. The molecule has 27 heavy (non-hydrogen) atoms. The van der Waals surface area contributed by atoms with Crippen molar-refractivity contribution in [2.24, 2.45) is 0 Å². The number of unbranched alkanes of at least 4 members (excludes halogenated alkanes) is 1. The lowest BCUT2D eigenvalue weighted by Gasteiger charge is -2.38. The van der Waals surface area contributed by atoms with Crippen LogP contribution in [-0.4, -0.2) is 39.4 Å². The predicted molar refractivity (Wildman–Crippen MR) is 107 cm³/mol. The van der Waals surface area contributed by atoms with Crippen LogP contribution in [0.3, 0.4) is 0 Å². The standard InChI is InChI=1S/C22H30N2O3/c1-5-6-11-22(12-7-14-24(22)20(26)27-21(2,3)4)19(25)17-8-9-18-16(15-17)10-13-23-18/h8-10,13,15,23H,5-7,11-12,14H2,1-4H3. The summed E-state index contributed by atoms with van der Waals surface area (Å²) in [5, 5.41) is 1.01. The number of carbonyl (C=O) groups excluding carboxylic acids is 2. The molecule has 1 atom stereocenters. The molecule has 0 spiro atoms. The number of benzene rings is 1. The van der Waals surface area contributed by atoms with E-state index in [1.54, 1.807) is 4.90 Å². The predicted octanol–water partition coefficient (Wildman–Crippen LogP) is 5.31. The molecular weight excluding hydrogens is 340 g/mol. The molecule has 1 aliphatic rings. The molecule has 1 fully saturated rings. The molecule has 1 aliphatic heterocycles. The molecule has 2 heterocycles. The Bertz CT molecular complexity index is 833. The molecule has 1 N–H and O–H groups in total. The van der Waals surface area contributed by atoms with E-state index in [1.807, 2.05) is 51.2 Å². The van der Waals surface area contributed by atoms with Gasteiger partial charge in [0.25, 0.3) is 0 Å². The highest BCUT2D eigenvalue weighted by molar-refractivity contribution is 6.07. The normalized spacial score (nSPS) is 20.2. The molecule has 3 rings (SSSR count). The number of hydrogen-bond acceptors (Lipinski definition) is 3. The number of nitrogens with one attached hydrogen (secondary N) is 1. The number of aromatic amines is 1. The highest BCUT2D eigenvalue weighted by Crippen LogP contribution is 2.38. The molecule has 0 bridgehead atoms. The van der Waals surface area contributed by atoms with Crippen molar-refractivity contribution in [3.63, 3.8) is 0 Å². The topological polar surface area (TPSA) is 62.4 Å². The van der Waals surface area contributed by atoms with Gasteiger partial charge in [0.15, 0.2) is 5.78 Å². The maximum Gasteiger partial charge on any atom is 0.411 e. The molecule has 0 saturated carbocycles. The third kappa shape index (κ3) is 3.87. The van der Waals surface area contributed by atoms with Crippen LogP contribution in [0, 0.1) is 0 Å². The first-order chi connectivity index (χ1) is 12.8. The zero-order valence-electron chi connectivity index (χ0n) is 16.8. The lowest BCUT2D eigenvalue weighted by molar-refractivity contribution is 0.00711. The van der Waals surface area contributed by atoms with Gasteiger partial charge < -0.3 is 9.72 Å². The number of rotatable bonds is 5. The van der Waals surface area contributed by atoms with Crippen molar-refractivity contribution in [3.8, 4) is 0 Å². The Morgan fingerprint density at radius 2 is 2.04 bits per heavy atom. The summed E-state index contributed by atoms with van der Waals surface area (Å²) >= 11 is 0. The Morgan fingerprint density at radius 3 is 2.74 bits per heavy atom. The number of H-pyrrole nitrogens is 1. The fourth-order valence-electron chi connectivity index (χ4n) is 4.00. The number of ether oxygens (including phenoxy) is 1. The van der Waals surface area contributed by atoms with Gasteiger partial charge in [-0.05, 0) is 64.3 Å². The molecular formula is C22H30N2O3. The van der Waals surface area contributed by atoms with Gasteiger partial charge in [0, 0.05) is 29.2 Å². The summed E-state index contributed by atoms with van der Waals surface area (Å²) in [6, 6.07) is 7.68. The third-order valence-electron chi connectivity index (χ3n) is 5.28. The number of ketones is 1. The van der Waals surface area contributed by atoms with Crippen LogP contribution in [0.4, 0.5) is 4.79 Å². The van der Waals surface area contributed by atoms with Crippen LogP contribution >= 0.6 is 0 Å². The second-order valence-corrected chi connectivity index (χ2v) is 8.48. The molecule has 0 radical (unpaired) electrons. The van der Waals surface area contributed by atoms with Crippen molar-refractivity contribution >= 4 is 22.8 Å². The second-order valence-electron chi connectivity index (χ2n) is 8.48. The molecule has 1 amide bonds. The van der Waals surface area contributed by atoms with Crippen LogP contribution in [0.15, 0.2) is 30.5 Å². The average Bonchev–Trinajstić information content (AvgIpc) is 3.24. The Hall–Kier alpha value is -2.30. The molecule has 1 aromatic heterocycles. The molecule has 2 aromatic rings. The first-order valence-electron chi connectivity index (χ1n) is 9.89. The molecule has 0 aliphatic carbocycles. The Morgan fingerprint density at radius 1 is 1.26 bits per heavy atom. The van der Waals surface area contributed by atoms with Crippen molar-refractivity contribution < 1.29 is 14.3 Å². The van der Waals surface area contributed by atoms with Crippen molar-refractivity contribution in [2.45, 2.75) is 70.9 Å². The van der Waals surface area contributed by atoms with Gasteiger partial charge in [-0.2, -0.15) is 0 Å². The quantitative estimate of drug-likeness (QED) is 0.726. The van der Waals surface area contributed by atoms with Crippen LogP contribution < -0.4 is 0 Å². The second kappa shape index (κ2) is 7.37. The van der Waals surface area contributed by atoms with E-state index >= 15 is 0 Å². The van der Waals surface area contributed by atoms with E-state index in [0.717, 1.165) is 30.2 Å². The van der Waals surface area contributed by atoms with Crippen LogP contribution in [0.1, 0.15) is 70.2 Å². The Labute approximate surface area is 161 Å². The largest absolute Gasteiger partial charge is 0.444 e. The summed E-state index contributed by atoms with van der Waals surface area (Å²) in [4.78, 5) is 31.4. The van der Waals surface area contributed by atoms with E-state index in [1.165, 1.54) is 0 Å². The number of fused-ring (bicyclic) bond motifs is 1. The Balaban J connectivity index is 1.97. The number of hydrogen-bond donors (Lipinski definition) is 1. The first kappa shape index (κ1) is 19.5. The van der Waals surface area contributed by atoms with Crippen molar-refractivity contribution in [2.75, 3.05) is 6.54 Å². The zero-order valence-corrected chi connectivity index (χ0v) is 16.8. The van der Waals surface area contributed by atoms with Gasteiger partial charge in [-0.25, -0.2) is 4.79 Å². The van der Waals surface area contributed by atoms with E-state index in [4.69, 9.17) is 4.74 Å². The maximum atomic E-state index is 13.7. The summed E-state index contributed by atoms with van der Waals surface area (Å²) in [6.45, 7) is 8.25. The number of Topliss-reactive ketones (excluding diaryl/α,β-unsaturated/α-hetero) is 1. The van der Waals surface area contributed by atoms with E-state index in [0.29, 0.717) is 24.9 Å². The molecule has 1 aromatic carbocycles. The van der Waals surface area contributed by atoms with E-state index < -0.39 is 11.1 Å². The van der Waals surface area contributed by atoms with Crippen LogP contribution in [0.2, 0.25) is 0 Å². The fraction of sp³-hybridized carbons (Fsp3) is 0.545. The number of aromatic nitrogens is 1. The highest BCUT2D eigenvalue weighted by Gasteiger charge is 2.50. The van der Waals surface area contributed by atoms with Crippen LogP contribution in [0.25, 0.3) is 10.9 Å². The van der Waals surface area contributed by atoms with Gasteiger partial charge in [-0.3, -0.25) is 9.69 Å². The smallest absolute Gasteiger partial charge is 0.411 e. The average molecular weight is 370 g/mol. The van der Waals surface area contributed by atoms with Gasteiger partial charge in [0.05, 0.1) is 0 Å². The molecule has 146 valence electrons. The molecule has 5 heteroatoms. The molecule has 5 nitrogen and oxygen atoms in total.